The van der Waals surface area contributed by atoms with Crippen molar-refractivity contribution in [3.63, 3.8) is 0 Å². The summed E-state index contributed by atoms with van der Waals surface area (Å²) in [4.78, 5) is 11.4. The molecule has 0 unspecified atom stereocenters. The lowest BCUT2D eigenvalue weighted by atomic mass is 10.0. The molecule has 0 bridgehead atoms. The summed E-state index contributed by atoms with van der Waals surface area (Å²) < 4.78 is 4.79. The van der Waals surface area contributed by atoms with E-state index in [-0.39, 0.29) is 6.42 Å². The normalized spacial score (nSPS) is 17.0. The van der Waals surface area contributed by atoms with Gasteiger partial charge in [0.15, 0.2) is 0 Å². The SMILES string of the molecule is CCCCCCCC(=O)OC[C@H](O)[C@@H](O)[C@H](O)[C@H](O)CO. The van der Waals surface area contributed by atoms with Crippen molar-refractivity contribution in [2.45, 2.75) is 69.9 Å². The standard InChI is InChI=1S/C14H28O7/c1-2-3-4-5-6-7-12(18)21-9-11(17)14(20)13(19)10(16)8-15/h10-11,13-17,19-20H,2-9H2,1H3/t10-,11+,13-,14-/m1/s1. The number of hydrogen-bond donors (Lipinski definition) is 5. The van der Waals surface area contributed by atoms with Crippen molar-refractivity contribution in [1.29, 1.82) is 0 Å². The first kappa shape index (κ1) is 20.3. The summed E-state index contributed by atoms with van der Waals surface area (Å²) in [7, 11) is 0. The molecule has 5 N–H and O–H groups in total. The molecule has 0 aliphatic heterocycles. The molecule has 0 amide bonds. The highest BCUT2D eigenvalue weighted by Gasteiger charge is 2.30. The van der Waals surface area contributed by atoms with Crippen molar-refractivity contribution >= 4 is 5.97 Å². The van der Waals surface area contributed by atoms with Gasteiger partial charge in [0.05, 0.1) is 6.61 Å². The molecule has 0 aromatic rings. The summed E-state index contributed by atoms with van der Waals surface area (Å²) in [5.74, 6) is -0.477. The highest BCUT2D eigenvalue weighted by molar-refractivity contribution is 5.69. The van der Waals surface area contributed by atoms with Gasteiger partial charge < -0.3 is 30.3 Å². The average molecular weight is 308 g/mol. The summed E-state index contributed by atoms with van der Waals surface area (Å²) >= 11 is 0. The summed E-state index contributed by atoms with van der Waals surface area (Å²) in [6, 6.07) is 0. The lowest BCUT2D eigenvalue weighted by Gasteiger charge is -2.25. The second kappa shape index (κ2) is 11.9. The van der Waals surface area contributed by atoms with E-state index < -0.39 is 43.6 Å². The Kier molecular flexibility index (Phi) is 11.5. The Labute approximate surface area is 125 Å². The third-order valence-electron chi connectivity index (χ3n) is 3.22. The largest absolute Gasteiger partial charge is 0.463 e. The predicted molar refractivity (Wildman–Crippen MR) is 75.4 cm³/mol. The van der Waals surface area contributed by atoms with Gasteiger partial charge in [0.25, 0.3) is 0 Å². The smallest absolute Gasteiger partial charge is 0.305 e. The second-order valence-corrected chi connectivity index (χ2v) is 5.15. The van der Waals surface area contributed by atoms with Gasteiger partial charge in [0.2, 0.25) is 0 Å². The molecule has 0 rings (SSSR count). The third kappa shape index (κ3) is 9.00. The van der Waals surface area contributed by atoms with Crippen molar-refractivity contribution in [2.75, 3.05) is 13.2 Å². The molecule has 0 aromatic heterocycles. The summed E-state index contributed by atoms with van der Waals surface area (Å²) in [6.45, 7) is 0.885. The Hall–Kier alpha value is -0.730. The first-order valence-electron chi connectivity index (χ1n) is 7.42. The van der Waals surface area contributed by atoms with E-state index in [0.717, 1.165) is 25.7 Å². The molecule has 126 valence electrons. The Morgan fingerprint density at radius 1 is 0.952 bits per heavy atom. The fraction of sp³-hybridized carbons (Fsp3) is 0.929. The molecule has 0 radical (unpaired) electrons. The summed E-state index contributed by atoms with van der Waals surface area (Å²) in [5.41, 5.74) is 0. The number of unbranched alkanes of at least 4 members (excludes halogenated alkanes) is 4. The minimum atomic E-state index is -1.71. The third-order valence-corrected chi connectivity index (χ3v) is 3.22. The van der Waals surface area contributed by atoms with Gasteiger partial charge in [-0.2, -0.15) is 0 Å². The number of carbonyl (C=O) groups excluding carboxylic acids is 1. The summed E-state index contributed by atoms with van der Waals surface area (Å²) in [5, 5.41) is 46.2. The molecule has 7 heteroatoms. The number of esters is 1. The molecule has 0 aliphatic rings. The van der Waals surface area contributed by atoms with E-state index in [9.17, 15) is 20.1 Å². The van der Waals surface area contributed by atoms with Crippen LogP contribution < -0.4 is 0 Å². The van der Waals surface area contributed by atoms with E-state index in [1.54, 1.807) is 0 Å². The zero-order valence-electron chi connectivity index (χ0n) is 12.5. The number of ether oxygens (including phenoxy) is 1. The minimum absolute atomic E-state index is 0.244. The van der Waals surface area contributed by atoms with Crippen LogP contribution in [-0.4, -0.2) is 69.1 Å². The maximum atomic E-state index is 11.4. The van der Waals surface area contributed by atoms with E-state index in [1.807, 2.05) is 0 Å². The van der Waals surface area contributed by atoms with Crippen LogP contribution in [0.3, 0.4) is 0 Å². The molecule has 0 aliphatic carbocycles. The van der Waals surface area contributed by atoms with Crippen LogP contribution in [0.2, 0.25) is 0 Å². The maximum Gasteiger partial charge on any atom is 0.305 e. The van der Waals surface area contributed by atoms with Crippen LogP contribution in [0.15, 0.2) is 0 Å². The van der Waals surface area contributed by atoms with Gasteiger partial charge in [-0.1, -0.05) is 32.6 Å². The van der Waals surface area contributed by atoms with Gasteiger partial charge in [-0.05, 0) is 6.42 Å². The lowest BCUT2D eigenvalue weighted by Crippen LogP contribution is -2.47. The number of hydrogen-bond acceptors (Lipinski definition) is 7. The van der Waals surface area contributed by atoms with E-state index in [2.05, 4.69) is 6.92 Å². The van der Waals surface area contributed by atoms with Gasteiger partial charge in [-0.15, -0.1) is 0 Å². The zero-order chi connectivity index (χ0) is 16.3. The van der Waals surface area contributed by atoms with Crippen molar-refractivity contribution in [2.24, 2.45) is 0 Å². The minimum Gasteiger partial charge on any atom is -0.463 e. The fourth-order valence-electron chi connectivity index (χ4n) is 1.79. The van der Waals surface area contributed by atoms with E-state index in [0.29, 0.717) is 6.42 Å². The van der Waals surface area contributed by atoms with Crippen molar-refractivity contribution in [3.8, 4) is 0 Å². The van der Waals surface area contributed by atoms with Gasteiger partial charge in [-0.3, -0.25) is 4.79 Å². The quantitative estimate of drug-likeness (QED) is 0.239. The Balaban J connectivity index is 3.85. The van der Waals surface area contributed by atoms with Gasteiger partial charge in [0.1, 0.15) is 31.0 Å². The van der Waals surface area contributed by atoms with Gasteiger partial charge in [0, 0.05) is 6.42 Å². The van der Waals surface area contributed by atoms with Crippen LogP contribution in [-0.2, 0) is 9.53 Å². The molecule has 4 atom stereocenters. The molecule has 0 heterocycles. The molecule has 0 saturated heterocycles. The van der Waals surface area contributed by atoms with Crippen LogP contribution in [0.1, 0.15) is 45.4 Å². The maximum absolute atomic E-state index is 11.4. The molecule has 7 nitrogen and oxygen atoms in total. The molecule has 0 saturated carbocycles. The van der Waals surface area contributed by atoms with Crippen molar-refractivity contribution in [1.82, 2.24) is 0 Å². The number of rotatable bonds is 12. The Morgan fingerprint density at radius 2 is 1.52 bits per heavy atom. The van der Waals surface area contributed by atoms with Crippen LogP contribution >= 0.6 is 0 Å². The fourth-order valence-corrected chi connectivity index (χ4v) is 1.79. The molecule has 0 fully saturated rings. The monoisotopic (exact) mass is 308 g/mol. The van der Waals surface area contributed by atoms with Crippen LogP contribution in [0, 0.1) is 0 Å². The average Bonchev–Trinajstić information content (AvgIpc) is 2.49. The topological polar surface area (TPSA) is 127 Å². The predicted octanol–water partition coefficient (Wildman–Crippen LogP) is -0.674. The second-order valence-electron chi connectivity index (χ2n) is 5.15. The number of aliphatic hydroxyl groups excluding tert-OH is 5. The number of carbonyl (C=O) groups is 1. The van der Waals surface area contributed by atoms with Crippen molar-refractivity contribution < 1.29 is 35.1 Å². The highest BCUT2D eigenvalue weighted by atomic mass is 16.5. The zero-order valence-corrected chi connectivity index (χ0v) is 12.5. The Bertz CT molecular complexity index is 272. The van der Waals surface area contributed by atoms with Crippen LogP contribution in [0.5, 0.6) is 0 Å². The van der Waals surface area contributed by atoms with Crippen LogP contribution in [0.25, 0.3) is 0 Å². The molecule has 0 aromatic carbocycles. The summed E-state index contributed by atoms with van der Waals surface area (Å²) in [6.07, 6.45) is -1.29. The first-order chi connectivity index (χ1) is 9.93. The van der Waals surface area contributed by atoms with Crippen molar-refractivity contribution in [3.05, 3.63) is 0 Å². The highest BCUT2D eigenvalue weighted by Crippen LogP contribution is 2.08. The van der Waals surface area contributed by atoms with E-state index >= 15 is 0 Å². The van der Waals surface area contributed by atoms with Crippen LogP contribution in [0.4, 0.5) is 0 Å². The lowest BCUT2D eigenvalue weighted by molar-refractivity contribution is -0.156. The van der Waals surface area contributed by atoms with E-state index in [4.69, 9.17) is 14.9 Å². The van der Waals surface area contributed by atoms with E-state index in [1.165, 1.54) is 0 Å². The molecule has 21 heavy (non-hydrogen) atoms. The molecule has 0 spiro atoms. The van der Waals surface area contributed by atoms with Gasteiger partial charge in [-0.25, -0.2) is 0 Å². The first-order valence-corrected chi connectivity index (χ1v) is 7.42. The van der Waals surface area contributed by atoms with Gasteiger partial charge >= 0.3 is 5.97 Å². The number of aliphatic hydroxyl groups is 5. The Morgan fingerprint density at radius 3 is 2.10 bits per heavy atom. The molecular formula is C14H28O7. The molecular weight excluding hydrogens is 280 g/mol.